The van der Waals surface area contributed by atoms with E-state index in [0.29, 0.717) is 17.6 Å². The molecule has 0 aliphatic heterocycles. The van der Waals surface area contributed by atoms with Gasteiger partial charge in [-0.25, -0.2) is 0 Å². The highest BCUT2D eigenvalue weighted by Crippen LogP contribution is 2.37. The summed E-state index contributed by atoms with van der Waals surface area (Å²) in [6.07, 6.45) is 9.94. The van der Waals surface area contributed by atoms with E-state index in [1.165, 1.54) is 44.9 Å². The fraction of sp³-hybridized carbons (Fsp3) is 1.00. The molecule has 0 amide bonds. The van der Waals surface area contributed by atoms with Crippen LogP contribution in [-0.4, -0.2) is 25.3 Å². The summed E-state index contributed by atoms with van der Waals surface area (Å²) in [5.41, 5.74) is 0.384. The Kier molecular flexibility index (Phi) is 5.08. The van der Waals surface area contributed by atoms with Crippen molar-refractivity contribution < 1.29 is 4.74 Å². The van der Waals surface area contributed by atoms with Gasteiger partial charge < -0.3 is 10.1 Å². The predicted octanol–water partition coefficient (Wildman–Crippen LogP) is 3.75. The SMILES string of the molecule is CCNC1C(OCCC2CCC2)CCCC1(C)C. The molecule has 2 aliphatic carbocycles. The van der Waals surface area contributed by atoms with Crippen LogP contribution in [0.5, 0.6) is 0 Å². The molecule has 0 saturated heterocycles. The molecule has 2 aliphatic rings. The Bertz CT molecular complexity index is 247. The van der Waals surface area contributed by atoms with Crippen LogP contribution in [0.15, 0.2) is 0 Å². The van der Waals surface area contributed by atoms with Gasteiger partial charge in [-0.2, -0.15) is 0 Å². The Morgan fingerprint density at radius 1 is 1.17 bits per heavy atom. The average molecular weight is 253 g/mol. The molecule has 2 nitrogen and oxygen atoms in total. The molecule has 0 spiro atoms. The van der Waals surface area contributed by atoms with Crippen LogP contribution >= 0.6 is 0 Å². The van der Waals surface area contributed by atoms with E-state index in [2.05, 4.69) is 26.1 Å². The first kappa shape index (κ1) is 14.3. The molecule has 2 rings (SSSR count). The maximum absolute atomic E-state index is 6.23. The van der Waals surface area contributed by atoms with Gasteiger partial charge in [-0.15, -0.1) is 0 Å². The maximum atomic E-state index is 6.23. The minimum absolute atomic E-state index is 0.384. The zero-order valence-electron chi connectivity index (χ0n) is 12.5. The third-order valence-electron chi connectivity index (χ3n) is 5.03. The fourth-order valence-electron chi connectivity index (χ4n) is 3.56. The second-order valence-corrected chi connectivity index (χ2v) is 6.91. The lowest BCUT2D eigenvalue weighted by atomic mass is 9.71. The Hall–Kier alpha value is -0.0800. The first-order chi connectivity index (χ1) is 8.63. The Morgan fingerprint density at radius 3 is 2.56 bits per heavy atom. The smallest absolute Gasteiger partial charge is 0.0733 e. The summed E-state index contributed by atoms with van der Waals surface area (Å²) < 4.78 is 6.23. The van der Waals surface area contributed by atoms with E-state index in [4.69, 9.17) is 4.74 Å². The molecule has 1 N–H and O–H groups in total. The topological polar surface area (TPSA) is 21.3 Å². The summed E-state index contributed by atoms with van der Waals surface area (Å²) in [7, 11) is 0. The van der Waals surface area contributed by atoms with Gasteiger partial charge >= 0.3 is 0 Å². The summed E-state index contributed by atoms with van der Waals surface area (Å²) in [4.78, 5) is 0. The summed E-state index contributed by atoms with van der Waals surface area (Å²) in [5, 5.41) is 3.67. The van der Waals surface area contributed by atoms with Crippen molar-refractivity contribution in [1.29, 1.82) is 0 Å². The van der Waals surface area contributed by atoms with E-state index in [-0.39, 0.29) is 0 Å². The molecule has 2 heteroatoms. The van der Waals surface area contributed by atoms with E-state index >= 15 is 0 Å². The molecule has 2 fully saturated rings. The first-order valence-electron chi connectivity index (χ1n) is 7.98. The minimum atomic E-state index is 0.384. The molecular formula is C16H31NO. The molecule has 2 atom stereocenters. The third-order valence-corrected chi connectivity index (χ3v) is 5.03. The van der Waals surface area contributed by atoms with Gasteiger partial charge in [0, 0.05) is 12.6 Å². The summed E-state index contributed by atoms with van der Waals surface area (Å²) in [5.74, 6) is 0.971. The zero-order chi connectivity index (χ0) is 13.0. The predicted molar refractivity (Wildman–Crippen MR) is 76.8 cm³/mol. The minimum Gasteiger partial charge on any atom is -0.377 e. The normalized spacial score (nSPS) is 32.2. The van der Waals surface area contributed by atoms with Crippen LogP contribution in [0.3, 0.4) is 0 Å². The molecule has 0 heterocycles. The van der Waals surface area contributed by atoms with E-state index in [1.807, 2.05) is 0 Å². The van der Waals surface area contributed by atoms with Crippen molar-refractivity contribution in [2.75, 3.05) is 13.2 Å². The van der Waals surface area contributed by atoms with E-state index in [9.17, 15) is 0 Å². The first-order valence-corrected chi connectivity index (χ1v) is 7.98. The number of hydrogen-bond acceptors (Lipinski definition) is 2. The largest absolute Gasteiger partial charge is 0.377 e. The Labute approximate surface area is 113 Å². The van der Waals surface area contributed by atoms with E-state index in [0.717, 1.165) is 19.1 Å². The second kappa shape index (κ2) is 6.38. The van der Waals surface area contributed by atoms with Gasteiger partial charge in [0.15, 0.2) is 0 Å². The Balaban J connectivity index is 1.79. The zero-order valence-corrected chi connectivity index (χ0v) is 12.5. The third kappa shape index (κ3) is 3.48. The summed E-state index contributed by atoms with van der Waals surface area (Å²) >= 11 is 0. The lowest BCUT2D eigenvalue weighted by Crippen LogP contribution is -2.53. The average Bonchev–Trinajstić information content (AvgIpc) is 2.26. The molecule has 0 bridgehead atoms. The lowest BCUT2D eigenvalue weighted by molar-refractivity contribution is -0.0428. The van der Waals surface area contributed by atoms with E-state index in [1.54, 1.807) is 0 Å². The van der Waals surface area contributed by atoms with Crippen molar-refractivity contribution in [3.63, 3.8) is 0 Å². The molecule has 0 radical (unpaired) electrons. The molecule has 2 saturated carbocycles. The molecule has 2 unspecified atom stereocenters. The van der Waals surface area contributed by atoms with Crippen LogP contribution < -0.4 is 5.32 Å². The standard InChI is InChI=1S/C16H31NO/c1-4-17-15-14(9-6-11-16(15,2)3)18-12-10-13-7-5-8-13/h13-15,17H,4-12H2,1-3H3. The molecule has 0 aromatic carbocycles. The van der Waals surface area contributed by atoms with Crippen LogP contribution in [0.25, 0.3) is 0 Å². The highest BCUT2D eigenvalue weighted by molar-refractivity contribution is 4.94. The van der Waals surface area contributed by atoms with Gasteiger partial charge in [0.05, 0.1) is 6.10 Å². The van der Waals surface area contributed by atoms with Crippen molar-refractivity contribution in [2.24, 2.45) is 11.3 Å². The number of hydrogen-bond donors (Lipinski definition) is 1. The van der Waals surface area contributed by atoms with Crippen molar-refractivity contribution >= 4 is 0 Å². The molecular weight excluding hydrogens is 222 g/mol. The molecule has 106 valence electrons. The van der Waals surface area contributed by atoms with Gasteiger partial charge in [0.1, 0.15) is 0 Å². The monoisotopic (exact) mass is 253 g/mol. The van der Waals surface area contributed by atoms with Crippen molar-refractivity contribution in [2.45, 2.75) is 77.9 Å². The lowest BCUT2D eigenvalue weighted by Gasteiger charge is -2.44. The Morgan fingerprint density at radius 2 is 1.94 bits per heavy atom. The van der Waals surface area contributed by atoms with Gasteiger partial charge in [0.25, 0.3) is 0 Å². The number of likely N-dealkylation sites (N-methyl/N-ethyl adjacent to an activating group) is 1. The van der Waals surface area contributed by atoms with Crippen LogP contribution in [0.4, 0.5) is 0 Å². The fourth-order valence-corrected chi connectivity index (χ4v) is 3.56. The van der Waals surface area contributed by atoms with Gasteiger partial charge in [0.2, 0.25) is 0 Å². The van der Waals surface area contributed by atoms with Crippen molar-refractivity contribution in [1.82, 2.24) is 5.32 Å². The quantitative estimate of drug-likeness (QED) is 0.778. The number of ether oxygens (including phenoxy) is 1. The van der Waals surface area contributed by atoms with Crippen LogP contribution in [0, 0.1) is 11.3 Å². The highest BCUT2D eigenvalue weighted by atomic mass is 16.5. The summed E-state index contributed by atoms with van der Waals surface area (Å²) in [6, 6.07) is 0.539. The maximum Gasteiger partial charge on any atom is 0.0733 e. The van der Waals surface area contributed by atoms with Crippen LogP contribution in [-0.2, 0) is 4.74 Å². The second-order valence-electron chi connectivity index (χ2n) is 6.91. The molecule has 0 aromatic rings. The van der Waals surface area contributed by atoms with Crippen LogP contribution in [0.2, 0.25) is 0 Å². The highest BCUT2D eigenvalue weighted by Gasteiger charge is 2.39. The van der Waals surface area contributed by atoms with Gasteiger partial charge in [-0.1, -0.05) is 46.5 Å². The number of rotatable bonds is 6. The summed E-state index contributed by atoms with van der Waals surface area (Å²) in [6.45, 7) is 9.02. The molecule has 0 aromatic heterocycles. The van der Waals surface area contributed by atoms with Crippen molar-refractivity contribution in [3.05, 3.63) is 0 Å². The van der Waals surface area contributed by atoms with Gasteiger partial charge in [-0.05, 0) is 37.1 Å². The number of nitrogens with one attached hydrogen (secondary N) is 1. The van der Waals surface area contributed by atoms with E-state index < -0.39 is 0 Å². The molecule has 18 heavy (non-hydrogen) atoms. The van der Waals surface area contributed by atoms with Crippen LogP contribution in [0.1, 0.15) is 65.7 Å². The van der Waals surface area contributed by atoms with Crippen molar-refractivity contribution in [3.8, 4) is 0 Å². The van der Waals surface area contributed by atoms with Gasteiger partial charge in [-0.3, -0.25) is 0 Å².